The van der Waals surface area contributed by atoms with Gasteiger partial charge in [-0.2, -0.15) is 0 Å². The molecular weight excluding hydrogens is 633 g/mol. The minimum atomic E-state index is 0.217. The molecule has 8 aromatic rings. The summed E-state index contributed by atoms with van der Waals surface area (Å²) in [6.45, 7) is 6.39. The average molecular weight is 663 g/mol. The molecule has 0 fully saturated rings. The first kappa shape index (κ1) is 29.2. The van der Waals surface area contributed by atoms with E-state index < -0.39 is 0 Å². The largest absolute Gasteiger partial charge is 0.371 e. The Bertz CT molecular complexity index is 2740. The number of hydrogen-bond acceptors (Lipinski definition) is 7. The maximum Gasteiger partial charge on any atom is 0.181 e. The second-order valence-corrected chi connectivity index (χ2v) is 13.2. The molecule has 0 spiro atoms. The predicted molar refractivity (Wildman–Crippen MR) is 201 cm³/mol. The van der Waals surface area contributed by atoms with Crippen molar-refractivity contribution in [2.75, 3.05) is 0 Å². The van der Waals surface area contributed by atoms with Gasteiger partial charge >= 0.3 is 0 Å². The smallest absolute Gasteiger partial charge is 0.181 e. The third-order valence-electron chi connectivity index (χ3n) is 9.55. The first-order chi connectivity index (χ1) is 25.0. The van der Waals surface area contributed by atoms with E-state index in [1.54, 1.807) is 4.73 Å². The summed E-state index contributed by atoms with van der Waals surface area (Å²) >= 11 is 0. The lowest BCUT2D eigenvalue weighted by molar-refractivity contribution is 0.234. The summed E-state index contributed by atoms with van der Waals surface area (Å²) in [5, 5.41) is 3.60. The van der Waals surface area contributed by atoms with Gasteiger partial charge in [0.1, 0.15) is 11.3 Å². The highest BCUT2D eigenvalue weighted by atomic mass is 16.7. The van der Waals surface area contributed by atoms with E-state index in [-0.39, 0.29) is 5.92 Å². The van der Waals surface area contributed by atoms with Crippen LogP contribution in [0.2, 0.25) is 0 Å². The molecule has 0 saturated heterocycles. The molecule has 0 aliphatic carbocycles. The maximum absolute atomic E-state index is 6.96. The Hall–Kier alpha value is -6.74. The van der Waals surface area contributed by atoms with Crippen molar-refractivity contribution in [1.29, 1.82) is 0 Å². The first-order valence-electron chi connectivity index (χ1n) is 17.0. The predicted octanol–water partition coefficient (Wildman–Crippen LogP) is 9.62. The van der Waals surface area contributed by atoms with E-state index in [0.29, 0.717) is 45.9 Å². The van der Waals surface area contributed by atoms with E-state index in [1.807, 2.05) is 97.1 Å². The van der Waals surface area contributed by atoms with Gasteiger partial charge in [0.15, 0.2) is 40.3 Å². The molecule has 9 nitrogen and oxygen atoms in total. The summed E-state index contributed by atoms with van der Waals surface area (Å²) in [5.74, 6) is 3.13. The summed E-state index contributed by atoms with van der Waals surface area (Å²) in [6, 6.07) is 38.6. The number of nitrogens with one attached hydrogen (secondary N) is 1. The molecule has 10 rings (SSSR count). The van der Waals surface area contributed by atoms with Crippen molar-refractivity contribution in [1.82, 2.24) is 39.6 Å². The lowest BCUT2D eigenvalue weighted by Crippen LogP contribution is -2.09. The second kappa shape index (κ2) is 11.1. The number of aromatic nitrogens is 8. The van der Waals surface area contributed by atoms with Gasteiger partial charge in [0.2, 0.25) is 0 Å². The fourth-order valence-corrected chi connectivity index (χ4v) is 7.05. The molecule has 51 heavy (non-hydrogen) atoms. The van der Waals surface area contributed by atoms with E-state index in [1.165, 1.54) is 0 Å². The average Bonchev–Trinajstić information content (AvgIpc) is 3.86. The molecule has 0 saturated carbocycles. The summed E-state index contributed by atoms with van der Waals surface area (Å²) in [6.07, 6.45) is 0. The third-order valence-corrected chi connectivity index (χ3v) is 9.55. The quantitative estimate of drug-likeness (QED) is 0.201. The first-order valence-corrected chi connectivity index (χ1v) is 17.0. The van der Waals surface area contributed by atoms with Crippen LogP contribution in [0.4, 0.5) is 0 Å². The fourth-order valence-electron chi connectivity index (χ4n) is 7.05. The van der Waals surface area contributed by atoms with Gasteiger partial charge in [-0.25, -0.2) is 29.9 Å². The van der Waals surface area contributed by atoms with Gasteiger partial charge in [0.25, 0.3) is 0 Å². The van der Waals surface area contributed by atoms with Crippen molar-refractivity contribution >= 4 is 44.1 Å². The fraction of sp³-hybridized carbons (Fsp3) is 0.0952. The summed E-state index contributed by atoms with van der Waals surface area (Å²) in [4.78, 5) is 41.4. The van der Waals surface area contributed by atoms with Gasteiger partial charge < -0.3 is 9.82 Å². The molecule has 9 heteroatoms. The number of H-pyrrole nitrogens is 1. The third kappa shape index (κ3) is 4.62. The Morgan fingerprint density at radius 3 is 1.41 bits per heavy atom. The number of hydrogen-bond donors (Lipinski definition) is 1. The molecule has 0 amide bonds. The maximum atomic E-state index is 6.96. The number of benzene rings is 5. The van der Waals surface area contributed by atoms with Gasteiger partial charge in [-0.15, -0.1) is 4.73 Å². The SMILES string of the molecule is Cc1ccc(C(C)C)c(On2c3nc4nc(nc5[nH]c(nc6nc(nc2c2ccccc23)-c2ccccc2-6)c2ccccc52)-c2ccccc2-4)c1. The molecule has 8 bridgehead atoms. The van der Waals surface area contributed by atoms with Gasteiger partial charge in [-0.05, 0) is 24.5 Å². The van der Waals surface area contributed by atoms with E-state index in [9.17, 15) is 0 Å². The van der Waals surface area contributed by atoms with Crippen LogP contribution >= 0.6 is 0 Å². The van der Waals surface area contributed by atoms with E-state index in [2.05, 4.69) is 44.0 Å². The van der Waals surface area contributed by atoms with Crippen LogP contribution in [0.5, 0.6) is 5.75 Å². The van der Waals surface area contributed by atoms with Crippen molar-refractivity contribution in [2.45, 2.75) is 26.7 Å². The highest BCUT2D eigenvalue weighted by molar-refractivity contribution is 6.06. The van der Waals surface area contributed by atoms with E-state index in [4.69, 9.17) is 34.7 Å². The molecule has 0 radical (unpaired) electrons. The molecule has 3 aromatic heterocycles. The zero-order valence-corrected chi connectivity index (χ0v) is 28.1. The van der Waals surface area contributed by atoms with Crippen LogP contribution in [0.25, 0.3) is 89.7 Å². The molecule has 2 aliphatic rings. The molecular formula is C42H30N8O. The molecule has 5 aromatic carbocycles. The topological polar surface area (TPSA) is 107 Å². The number of fused-ring (bicyclic) bond motifs is 20. The van der Waals surface area contributed by atoms with Crippen LogP contribution in [0.15, 0.2) is 115 Å². The normalized spacial score (nSPS) is 12.0. The zero-order chi connectivity index (χ0) is 34.2. The zero-order valence-electron chi connectivity index (χ0n) is 28.1. The molecule has 2 aliphatic heterocycles. The Morgan fingerprint density at radius 1 is 0.510 bits per heavy atom. The Morgan fingerprint density at radius 2 is 0.941 bits per heavy atom. The van der Waals surface area contributed by atoms with Crippen LogP contribution < -0.4 is 4.84 Å². The van der Waals surface area contributed by atoms with Crippen LogP contribution in [0.1, 0.15) is 30.9 Å². The van der Waals surface area contributed by atoms with Crippen molar-refractivity contribution in [3.63, 3.8) is 0 Å². The second-order valence-electron chi connectivity index (χ2n) is 13.2. The van der Waals surface area contributed by atoms with Crippen molar-refractivity contribution < 1.29 is 4.84 Å². The van der Waals surface area contributed by atoms with Crippen LogP contribution in [-0.2, 0) is 0 Å². The van der Waals surface area contributed by atoms with Gasteiger partial charge in [0, 0.05) is 49.4 Å². The molecule has 5 heterocycles. The van der Waals surface area contributed by atoms with E-state index >= 15 is 0 Å². The number of nitrogens with zero attached hydrogens (tertiary/aromatic N) is 7. The Balaban J connectivity index is 1.41. The minimum Gasteiger partial charge on any atom is -0.371 e. The molecule has 244 valence electrons. The molecule has 0 atom stereocenters. The van der Waals surface area contributed by atoms with Crippen molar-refractivity contribution in [3.8, 4) is 51.3 Å². The van der Waals surface area contributed by atoms with Gasteiger partial charge in [-0.1, -0.05) is 123 Å². The van der Waals surface area contributed by atoms with Crippen LogP contribution in [0, 0.1) is 6.92 Å². The number of aromatic amines is 1. The summed E-state index contributed by atoms with van der Waals surface area (Å²) in [5.41, 5.74) is 8.14. The van der Waals surface area contributed by atoms with Crippen LogP contribution in [-0.4, -0.2) is 39.6 Å². The van der Waals surface area contributed by atoms with Crippen molar-refractivity contribution in [3.05, 3.63) is 126 Å². The van der Waals surface area contributed by atoms with Gasteiger partial charge in [0.05, 0.1) is 0 Å². The standard InChI is InChI=1S/C42H30N8O/c1-23(2)25-21-20-24(3)22-34(25)51-50-41-32-18-10-11-19-33(32)42(50)49-40-31-17-9-7-15-29(31)38(47-40)45-36-27-13-5-4-12-26(27)35(43-36)44-37-28-14-6-8-16-30(28)39(46-37)48-41/h4-23H,1-3H3,(H,43,44,45,46,47,48,49). The number of aryl methyl sites for hydroxylation is 1. The monoisotopic (exact) mass is 662 g/mol. The molecule has 0 unspecified atom stereocenters. The van der Waals surface area contributed by atoms with Gasteiger partial charge in [-0.3, -0.25) is 0 Å². The lowest BCUT2D eigenvalue weighted by Gasteiger charge is -2.15. The Labute approximate surface area is 292 Å². The Kier molecular flexibility index (Phi) is 6.38. The number of rotatable bonds is 3. The summed E-state index contributed by atoms with van der Waals surface area (Å²) < 4.78 is 1.74. The van der Waals surface area contributed by atoms with E-state index in [0.717, 1.165) is 60.7 Å². The summed E-state index contributed by atoms with van der Waals surface area (Å²) in [7, 11) is 0. The van der Waals surface area contributed by atoms with Crippen molar-refractivity contribution in [2.24, 2.45) is 0 Å². The molecule has 1 N–H and O–H groups in total. The highest BCUT2D eigenvalue weighted by Gasteiger charge is 2.24. The minimum absolute atomic E-state index is 0.217. The van der Waals surface area contributed by atoms with Crippen LogP contribution in [0.3, 0.4) is 0 Å². The lowest BCUT2D eigenvalue weighted by atomic mass is 10.0. The highest BCUT2D eigenvalue weighted by Crippen LogP contribution is 2.38.